The molecular formula is C18H20N4O3S. The second-order valence-electron chi connectivity index (χ2n) is 6.06. The number of rotatable bonds is 6. The number of anilines is 1. The smallest absolute Gasteiger partial charge is 0.225 e. The van der Waals surface area contributed by atoms with Crippen molar-refractivity contribution in [3.63, 3.8) is 0 Å². The topological polar surface area (TPSA) is 84.3 Å². The Labute approximate surface area is 152 Å². The minimum Gasteiger partial charge on any atom is -0.326 e. The van der Waals surface area contributed by atoms with Gasteiger partial charge < -0.3 is 5.32 Å². The summed E-state index contributed by atoms with van der Waals surface area (Å²) in [6, 6.07) is 15.1. The number of fused-ring (bicyclic) bond motifs is 1. The Balaban J connectivity index is 1.67. The number of para-hydroxylation sites is 1. The van der Waals surface area contributed by atoms with Gasteiger partial charge in [-0.3, -0.25) is 4.79 Å². The number of hydrogen-bond donors (Lipinski definition) is 1. The summed E-state index contributed by atoms with van der Waals surface area (Å²) in [5, 5.41) is 8.15. The molecule has 0 aliphatic rings. The molecule has 8 heteroatoms. The van der Waals surface area contributed by atoms with Crippen molar-refractivity contribution in [3.05, 3.63) is 54.7 Å². The predicted octanol–water partition coefficient (Wildman–Crippen LogP) is 2.25. The monoisotopic (exact) mass is 372 g/mol. The van der Waals surface area contributed by atoms with Gasteiger partial charge in [0.15, 0.2) is 0 Å². The van der Waals surface area contributed by atoms with E-state index in [-0.39, 0.29) is 18.1 Å². The molecule has 3 rings (SSSR count). The highest BCUT2D eigenvalue weighted by molar-refractivity contribution is 7.89. The van der Waals surface area contributed by atoms with Gasteiger partial charge in [-0.05, 0) is 30.3 Å². The molecule has 0 spiro atoms. The number of benzene rings is 2. The Bertz CT molecular complexity index is 1020. The zero-order valence-corrected chi connectivity index (χ0v) is 15.4. The van der Waals surface area contributed by atoms with E-state index in [4.69, 9.17) is 0 Å². The maximum absolute atomic E-state index is 12.0. The zero-order valence-electron chi connectivity index (χ0n) is 14.6. The molecule has 1 N–H and O–H groups in total. The van der Waals surface area contributed by atoms with Crippen molar-refractivity contribution in [2.24, 2.45) is 0 Å². The van der Waals surface area contributed by atoms with Crippen LogP contribution < -0.4 is 5.32 Å². The summed E-state index contributed by atoms with van der Waals surface area (Å²) in [7, 11) is -0.483. The van der Waals surface area contributed by atoms with E-state index < -0.39 is 10.0 Å². The van der Waals surface area contributed by atoms with Crippen LogP contribution in [0.5, 0.6) is 0 Å². The first-order valence-electron chi connectivity index (χ1n) is 8.10. The predicted molar refractivity (Wildman–Crippen MR) is 102 cm³/mol. The van der Waals surface area contributed by atoms with Gasteiger partial charge in [0, 0.05) is 31.6 Å². The van der Waals surface area contributed by atoms with E-state index >= 15 is 0 Å². The van der Waals surface area contributed by atoms with Crippen LogP contribution in [-0.2, 0) is 14.8 Å². The first-order chi connectivity index (χ1) is 12.4. The van der Waals surface area contributed by atoms with Crippen LogP contribution in [0.1, 0.15) is 6.42 Å². The molecule has 136 valence electrons. The fourth-order valence-corrected chi connectivity index (χ4v) is 3.30. The summed E-state index contributed by atoms with van der Waals surface area (Å²) in [6.07, 6.45) is 1.71. The number of hydrogen-bond acceptors (Lipinski definition) is 4. The fourth-order valence-electron chi connectivity index (χ4n) is 2.49. The molecule has 0 aliphatic heterocycles. The molecule has 0 bridgehead atoms. The SMILES string of the molecule is CN(C)S(=O)(=O)CCC(=O)Nc1ccc(-n2ncc3ccccc32)cc1. The molecule has 0 saturated carbocycles. The normalized spacial score (nSPS) is 11.8. The van der Waals surface area contributed by atoms with Crippen molar-refractivity contribution >= 4 is 32.5 Å². The highest BCUT2D eigenvalue weighted by atomic mass is 32.2. The van der Waals surface area contributed by atoms with Gasteiger partial charge in [0.1, 0.15) is 0 Å². The van der Waals surface area contributed by atoms with E-state index in [0.29, 0.717) is 5.69 Å². The molecule has 0 fully saturated rings. The van der Waals surface area contributed by atoms with Crippen LogP contribution in [0.2, 0.25) is 0 Å². The van der Waals surface area contributed by atoms with Gasteiger partial charge in [-0.1, -0.05) is 18.2 Å². The summed E-state index contributed by atoms with van der Waals surface area (Å²) in [5.41, 5.74) is 2.48. The highest BCUT2D eigenvalue weighted by Gasteiger charge is 2.16. The van der Waals surface area contributed by atoms with Crippen LogP contribution >= 0.6 is 0 Å². The van der Waals surface area contributed by atoms with Crippen molar-refractivity contribution < 1.29 is 13.2 Å². The summed E-state index contributed by atoms with van der Waals surface area (Å²) < 4.78 is 26.4. The van der Waals surface area contributed by atoms with E-state index in [9.17, 15) is 13.2 Å². The number of sulfonamides is 1. The largest absolute Gasteiger partial charge is 0.326 e. The third-order valence-electron chi connectivity index (χ3n) is 4.02. The molecule has 0 saturated heterocycles. The number of aromatic nitrogens is 2. The second kappa shape index (κ2) is 7.27. The van der Waals surface area contributed by atoms with Gasteiger partial charge in [-0.15, -0.1) is 0 Å². The van der Waals surface area contributed by atoms with E-state index in [0.717, 1.165) is 20.9 Å². The van der Waals surface area contributed by atoms with E-state index in [1.54, 1.807) is 18.3 Å². The molecule has 1 amide bonds. The van der Waals surface area contributed by atoms with Gasteiger partial charge in [0.25, 0.3) is 0 Å². The molecule has 0 aliphatic carbocycles. The maximum atomic E-state index is 12.0. The van der Waals surface area contributed by atoms with Gasteiger partial charge in [-0.2, -0.15) is 5.10 Å². The number of nitrogens with one attached hydrogen (secondary N) is 1. The Morgan fingerprint density at radius 2 is 1.81 bits per heavy atom. The van der Waals surface area contributed by atoms with Crippen molar-refractivity contribution in [3.8, 4) is 5.69 Å². The molecule has 7 nitrogen and oxygen atoms in total. The quantitative estimate of drug-likeness (QED) is 0.719. The lowest BCUT2D eigenvalue weighted by Gasteiger charge is -2.11. The van der Waals surface area contributed by atoms with Crippen molar-refractivity contribution in [2.45, 2.75) is 6.42 Å². The average molecular weight is 372 g/mol. The Hall–Kier alpha value is -2.71. The van der Waals surface area contributed by atoms with Crippen molar-refractivity contribution in [1.29, 1.82) is 0 Å². The molecule has 2 aromatic carbocycles. The van der Waals surface area contributed by atoms with Gasteiger partial charge in [-0.25, -0.2) is 17.4 Å². The lowest BCUT2D eigenvalue weighted by atomic mass is 10.2. The van der Waals surface area contributed by atoms with Crippen LogP contribution in [0.25, 0.3) is 16.6 Å². The molecule has 0 atom stereocenters. The first kappa shape index (κ1) is 18.1. The Morgan fingerprint density at radius 1 is 1.12 bits per heavy atom. The molecular weight excluding hydrogens is 352 g/mol. The standard InChI is InChI=1S/C18H20N4O3S/c1-21(2)26(24,25)12-11-18(23)20-15-7-9-16(10-8-15)22-17-6-4-3-5-14(17)13-19-22/h3-10,13H,11-12H2,1-2H3,(H,20,23). The molecule has 1 aromatic heterocycles. The highest BCUT2D eigenvalue weighted by Crippen LogP contribution is 2.19. The molecule has 0 unspecified atom stereocenters. The van der Waals surface area contributed by atoms with Crippen molar-refractivity contribution in [2.75, 3.05) is 25.2 Å². The average Bonchev–Trinajstić information content (AvgIpc) is 3.05. The van der Waals surface area contributed by atoms with E-state index in [1.807, 2.05) is 41.1 Å². The lowest BCUT2D eigenvalue weighted by Crippen LogP contribution is -2.27. The van der Waals surface area contributed by atoms with Crippen LogP contribution in [0, 0.1) is 0 Å². The number of carbonyl (C=O) groups is 1. The fraction of sp³-hybridized carbons (Fsp3) is 0.222. The third kappa shape index (κ3) is 3.92. The first-order valence-corrected chi connectivity index (χ1v) is 9.71. The summed E-state index contributed by atoms with van der Waals surface area (Å²) >= 11 is 0. The number of nitrogens with zero attached hydrogens (tertiary/aromatic N) is 3. The molecule has 1 heterocycles. The third-order valence-corrected chi connectivity index (χ3v) is 5.85. The lowest BCUT2D eigenvalue weighted by molar-refractivity contribution is -0.115. The molecule has 3 aromatic rings. The van der Waals surface area contributed by atoms with Gasteiger partial charge in [0.05, 0.1) is 23.2 Å². The Kier molecular flexibility index (Phi) is 5.06. The summed E-state index contributed by atoms with van der Waals surface area (Å²) in [6.45, 7) is 0. The Morgan fingerprint density at radius 3 is 2.50 bits per heavy atom. The minimum atomic E-state index is -3.38. The van der Waals surface area contributed by atoms with Gasteiger partial charge >= 0.3 is 0 Å². The summed E-state index contributed by atoms with van der Waals surface area (Å²) in [4.78, 5) is 12.0. The van der Waals surface area contributed by atoms with E-state index in [2.05, 4.69) is 10.4 Å². The second-order valence-corrected chi connectivity index (χ2v) is 8.36. The summed E-state index contributed by atoms with van der Waals surface area (Å²) in [5.74, 6) is -0.559. The minimum absolute atomic E-state index is 0.0912. The zero-order chi connectivity index (χ0) is 18.7. The van der Waals surface area contributed by atoms with Crippen LogP contribution in [0.4, 0.5) is 5.69 Å². The van der Waals surface area contributed by atoms with Crippen LogP contribution in [-0.4, -0.2) is 48.3 Å². The number of amides is 1. The maximum Gasteiger partial charge on any atom is 0.225 e. The molecule has 26 heavy (non-hydrogen) atoms. The number of carbonyl (C=O) groups excluding carboxylic acids is 1. The van der Waals surface area contributed by atoms with Crippen LogP contribution in [0.15, 0.2) is 54.7 Å². The van der Waals surface area contributed by atoms with Crippen molar-refractivity contribution in [1.82, 2.24) is 14.1 Å². The molecule has 0 radical (unpaired) electrons. The van der Waals surface area contributed by atoms with Crippen LogP contribution in [0.3, 0.4) is 0 Å². The van der Waals surface area contributed by atoms with Gasteiger partial charge in [0.2, 0.25) is 15.9 Å². The van der Waals surface area contributed by atoms with E-state index in [1.165, 1.54) is 14.1 Å².